The fourth-order valence-corrected chi connectivity index (χ4v) is 3.48. The van der Waals surface area contributed by atoms with Crippen LogP contribution in [0.15, 0.2) is 18.2 Å². The molecular formula is C17H20FN3O2. The number of ether oxygens (including phenoxy) is 1. The number of carbonyl (C=O) groups is 1. The van der Waals surface area contributed by atoms with Gasteiger partial charge in [0.25, 0.3) is 0 Å². The Morgan fingerprint density at radius 2 is 2.13 bits per heavy atom. The highest BCUT2D eigenvalue weighted by atomic mass is 19.1. The molecule has 2 fully saturated rings. The smallest absolute Gasteiger partial charge is 0.245 e. The third kappa shape index (κ3) is 2.89. The number of methoxy groups -OCH3 is 1. The Morgan fingerprint density at radius 1 is 1.39 bits per heavy atom. The first-order valence-corrected chi connectivity index (χ1v) is 7.92. The van der Waals surface area contributed by atoms with Gasteiger partial charge in [-0.1, -0.05) is 6.07 Å². The van der Waals surface area contributed by atoms with Gasteiger partial charge in [0.05, 0.1) is 11.8 Å². The zero-order valence-electron chi connectivity index (χ0n) is 13.2. The molecule has 1 amide bonds. The second kappa shape index (κ2) is 6.55. The number of likely N-dealkylation sites (tertiary alicyclic amines) is 1. The van der Waals surface area contributed by atoms with Crippen LogP contribution >= 0.6 is 0 Å². The van der Waals surface area contributed by atoms with E-state index in [1.165, 1.54) is 6.07 Å². The van der Waals surface area contributed by atoms with Gasteiger partial charge in [0.1, 0.15) is 23.5 Å². The average molecular weight is 317 g/mol. The summed E-state index contributed by atoms with van der Waals surface area (Å²) >= 11 is 0. The number of hydrogen-bond acceptors (Lipinski definition) is 4. The third-order valence-electron chi connectivity index (χ3n) is 4.71. The van der Waals surface area contributed by atoms with Gasteiger partial charge in [0, 0.05) is 33.2 Å². The van der Waals surface area contributed by atoms with Gasteiger partial charge in [0.15, 0.2) is 0 Å². The highest BCUT2D eigenvalue weighted by Crippen LogP contribution is 2.32. The highest BCUT2D eigenvalue weighted by molar-refractivity contribution is 5.87. The van der Waals surface area contributed by atoms with Crippen LogP contribution in [-0.2, 0) is 9.53 Å². The largest absolute Gasteiger partial charge is 0.380 e. The zero-order valence-corrected chi connectivity index (χ0v) is 13.2. The van der Waals surface area contributed by atoms with Crippen LogP contribution in [0.4, 0.5) is 10.1 Å². The van der Waals surface area contributed by atoms with E-state index in [9.17, 15) is 14.4 Å². The standard InChI is InChI=1S/C17H20FN3O2/c1-23-12-9-16(17(22)20-7-2-3-8-20)21(11-12)15-6-4-5-14(18)13(15)10-19/h4-6,12,16H,2-3,7-9,11H2,1H3/t12-,16-/m0/s1. The molecule has 0 unspecified atom stereocenters. The molecule has 23 heavy (non-hydrogen) atoms. The molecule has 0 spiro atoms. The van der Waals surface area contributed by atoms with Crippen molar-refractivity contribution in [2.24, 2.45) is 0 Å². The van der Waals surface area contributed by atoms with E-state index in [4.69, 9.17) is 4.74 Å². The minimum absolute atomic E-state index is 0.0107. The molecule has 3 rings (SSSR count). The maximum atomic E-state index is 13.9. The van der Waals surface area contributed by atoms with Crippen LogP contribution in [0.1, 0.15) is 24.8 Å². The molecule has 0 radical (unpaired) electrons. The summed E-state index contributed by atoms with van der Waals surface area (Å²) in [5, 5.41) is 9.28. The van der Waals surface area contributed by atoms with Gasteiger partial charge < -0.3 is 14.5 Å². The summed E-state index contributed by atoms with van der Waals surface area (Å²) in [6.45, 7) is 2.03. The summed E-state index contributed by atoms with van der Waals surface area (Å²) in [5.41, 5.74) is 0.466. The second-order valence-corrected chi connectivity index (χ2v) is 6.04. The molecular weight excluding hydrogens is 297 g/mol. The van der Waals surface area contributed by atoms with Crippen LogP contribution in [0.25, 0.3) is 0 Å². The third-order valence-corrected chi connectivity index (χ3v) is 4.71. The minimum Gasteiger partial charge on any atom is -0.380 e. The first kappa shape index (κ1) is 15.8. The fraction of sp³-hybridized carbons (Fsp3) is 0.529. The summed E-state index contributed by atoms with van der Waals surface area (Å²) in [4.78, 5) is 16.5. The van der Waals surface area contributed by atoms with E-state index in [-0.39, 0.29) is 17.6 Å². The van der Waals surface area contributed by atoms with Crippen molar-refractivity contribution in [3.63, 3.8) is 0 Å². The molecule has 0 aliphatic carbocycles. The Balaban J connectivity index is 1.93. The van der Waals surface area contributed by atoms with Gasteiger partial charge in [-0.3, -0.25) is 4.79 Å². The lowest BCUT2D eigenvalue weighted by atomic mass is 10.1. The minimum atomic E-state index is -0.557. The molecule has 0 saturated carbocycles. The van der Waals surface area contributed by atoms with E-state index in [1.807, 2.05) is 15.9 Å². The topological polar surface area (TPSA) is 56.6 Å². The summed E-state index contributed by atoms with van der Waals surface area (Å²) in [6.07, 6.45) is 2.51. The van der Waals surface area contributed by atoms with Crippen molar-refractivity contribution < 1.29 is 13.9 Å². The van der Waals surface area contributed by atoms with Crippen molar-refractivity contribution in [1.29, 1.82) is 5.26 Å². The van der Waals surface area contributed by atoms with Crippen LogP contribution in [0.2, 0.25) is 0 Å². The second-order valence-electron chi connectivity index (χ2n) is 6.04. The molecule has 6 heteroatoms. The van der Waals surface area contributed by atoms with Gasteiger partial charge in [-0.25, -0.2) is 4.39 Å². The number of nitriles is 1. The molecule has 0 bridgehead atoms. The highest BCUT2D eigenvalue weighted by Gasteiger charge is 2.40. The van der Waals surface area contributed by atoms with E-state index in [2.05, 4.69) is 0 Å². The zero-order chi connectivity index (χ0) is 16.4. The average Bonchev–Trinajstić information content (AvgIpc) is 3.23. The van der Waals surface area contributed by atoms with Gasteiger partial charge >= 0.3 is 0 Å². The van der Waals surface area contributed by atoms with Crippen molar-refractivity contribution in [3.05, 3.63) is 29.6 Å². The number of rotatable bonds is 3. The van der Waals surface area contributed by atoms with E-state index < -0.39 is 11.9 Å². The number of nitrogens with zero attached hydrogens (tertiary/aromatic N) is 3. The van der Waals surface area contributed by atoms with Crippen molar-refractivity contribution in [1.82, 2.24) is 4.90 Å². The molecule has 0 N–H and O–H groups in total. The molecule has 1 aromatic carbocycles. The molecule has 0 aromatic heterocycles. The van der Waals surface area contributed by atoms with E-state index in [0.29, 0.717) is 18.7 Å². The first-order valence-electron chi connectivity index (χ1n) is 7.92. The normalized spacial score (nSPS) is 24.0. The predicted molar refractivity (Wildman–Crippen MR) is 83.5 cm³/mol. The van der Waals surface area contributed by atoms with E-state index in [1.54, 1.807) is 19.2 Å². The number of amides is 1. The Morgan fingerprint density at radius 3 is 2.78 bits per heavy atom. The lowest BCUT2D eigenvalue weighted by Gasteiger charge is -2.29. The van der Waals surface area contributed by atoms with Crippen molar-refractivity contribution in [2.75, 3.05) is 31.6 Å². The molecule has 5 nitrogen and oxygen atoms in total. The van der Waals surface area contributed by atoms with Crippen molar-refractivity contribution >= 4 is 11.6 Å². The Labute approximate surface area is 135 Å². The first-order chi connectivity index (χ1) is 11.2. The maximum absolute atomic E-state index is 13.9. The Kier molecular flexibility index (Phi) is 4.49. The number of anilines is 1. The molecule has 2 aliphatic rings. The Hall–Kier alpha value is -2.13. The molecule has 1 aromatic rings. The fourth-order valence-electron chi connectivity index (χ4n) is 3.48. The summed E-state index contributed by atoms with van der Waals surface area (Å²) < 4.78 is 19.4. The van der Waals surface area contributed by atoms with Crippen LogP contribution in [0.3, 0.4) is 0 Å². The summed E-state index contributed by atoms with van der Waals surface area (Å²) in [6, 6.07) is 6.06. The summed E-state index contributed by atoms with van der Waals surface area (Å²) in [5.74, 6) is -0.506. The summed E-state index contributed by atoms with van der Waals surface area (Å²) in [7, 11) is 1.61. The number of hydrogen-bond donors (Lipinski definition) is 0. The van der Waals surface area contributed by atoms with Gasteiger partial charge in [-0.05, 0) is 25.0 Å². The predicted octanol–water partition coefficient (Wildman–Crippen LogP) is 1.91. The van der Waals surface area contributed by atoms with E-state index >= 15 is 0 Å². The van der Waals surface area contributed by atoms with Crippen LogP contribution in [0.5, 0.6) is 0 Å². The van der Waals surface area contributed by atoms with Crippen molar-refractivity contribution in [2.45, 2.75) is 31.4 Å². The van der Waals surface area contributed by atoms with Gasteiger partial charge in [-0.2, -0.15) is 5.26 Å². The van der Waals surface area contributed by atoms with Crippen LogP contribution in [0, 0.1) is 17.1 Å². The molecule has 122 valence electrons. The van der Waals surface area contributed by atoms with Gasteiger partial charge in [0.2, 0.25) is 5.91 Å². The van der Waals surface area contributed by atoms with Gasteiger partial charge in [-0.15, -0.1) is 0 Å². The molecule has 2 atom stereocenters. The van der Waals surface area contributed by atoms with E-state index in [0.717, 1.165) is 25.9 Å². The number of carbonyl (C=O) groups excluding carboxylic acids is 1. The molecule has 2 heterocycles. The lowest BCUT2D eigenvalue weighted by Crippen LogP contribution is -2.45. The van der Waals surface area contributed by atoms with Crippen LogP contribution < -0.4 is 4.90 Å². The van der Waals surface area contributed by atoms with Crippen LogP contribution in [-0.4, -0.2) is 49.7 Å². The Bertz CT molecular complexity index is 637. The number of benzene rings is 1. The quantitative estimate of drug-likeness (QED) is 0.854. The lowest BCUT2D eigenvalue weighted by molar-refractivity contribution is -0.131. The molecule has 2 saturated heterocycles. The number of halogens is 1. The monoisotopic (exact) mass is 317 g/mol. The molecule has 2 aliphatic heterocycles. The van der Waals surface area contributed by atoms with Crippen molar-refractivity contribution in [3.8, 4) is 6.07 Å². The SMILES string of the molecule is CO[C@H]1C[C@@H](C(=O)N2CCCC2)N(c2cccc(F)c2C#N)C1. The maximum Gasteiger partial charge on any atom is 0.245 e.